The van der Waals surface area contributed by atoms with Crippen molar-refractivity contribution < 1.29 is 9.84 Å². The monoisotopic (exact) mass is 249 g/mol. The summed E-state index contributed by atoms with van der Waals surface area (Å²) in [6.07, 6.45) is 4.99. The second-order valence-corrected chi connectivity index (χ2v) is 4.70. The third kappa shape index (κ3) is 6.33. The van der Waals surface area contributed by atoms with Gasteiger partial charge in [0.25, 0.3) is 0 Å². The predicted molar refractivity (Wildman–Crippen MR) is 77.1 cm³/mol. The summed E-state index contributed by atoms with van der Waals surface area (Å²) < 4.78 is 4.94. The van der Waals surface area contributed by atoms with Crippen molar-refractivity contribution in [1.29, 1.82) is 0 Å². The number of rotatable bonds is 3. The number of pyridine rings is 1. The van der Waals surface area contributed by atoms with Crippen LogP contribution < -0.4 is 0 Å². The molecule has 0 fully saturated rings. The molecular formula is C15H23NO2. The molecule has 100 valence electrons. The van der Waals surface area contributed by atoms with Gasteiger partial charge in [-0.05, 0) is 44.0 Å². The Labute approximate surface area is 110 Å². The zero-order valence-corrected chi connectivity index (χ0v) is 11.7. The zero-order valence-electron chi connectivity index (χ0n) is 11.7. The molecule has 0 spiro atoms. The number of nitrogens with zero attached hydrogens (tertiary/aromatic N) is 1. The number of aliphatic hydroxyl groups is 1. The highest BCUT2D eigenvalue weighted by Crippen LogP contribution is 2.11. The summed E-state index contributed by atoms with van der Waals surface area (Å²) in [7, 11) is 1.71. The number of aromatic nitrogens is 1. The van der Waals surface area contributed by atoms with Crippen LogP contribution in [0.25, 0.3) is 12.2 Å². The molecule has 0 aromatic carbocycles. The number of aliphatic hydroxyl groups excluding tert-OH is 1. The highest BCUT2D eigenvalue weighted by Gasteiger charge is 2.04. The van der Waals surface area contributed by atoms with Gasteiger partial charge in [-0.25, -0.2) is 0 Å². The first-order valence-electron chi connectivity index (χ1n) is 5.77. The summed E-state index contributed by atoms with van der Waals surface area (Å²) in [4.78, 5) is 4.09. The fourth-order valence-electron chi connectivity index (χ4n) is 0.958. The lowest BCUT2D eigenvalue weighted by Crippen LogP contribution is -2.15. The molecule has 18 heavy (non-hydrogen) atoms. The first-order valence-corrected chi connectivity index (χ1v) is 5.77. The molecule has 1 heterocycles. The Morgan fingerprint density at radius 3 is 2.22 bits per heavy atom. The van der Waals surface area contributed by atoms with Crippen molar-refractivity contribution >= 4 is 12.2 Å². The second-order valence-electron chi connectivity index (χ2n) is 4.70. The summed E-state index contributed by atoms with van der Waals surface area (Å²) in [6, 6.07) is 1.84. The molecule has 1 aromatic rings. The van der Waals surface area contributed by atoms with E-state index in [1.807, 2.05) is 26.8 Å². The van der Waals surface area contributed by atoms with Gasteiger partial charge >= 0.3 is 0 Å². The molecule has 0 aliphatic heterocycles. The number of ether oxygens (including phenoxy) is 1. The van der Waals surface area contributed by atoms with Crippen LogP contribution in [0.3, 0.4) is 0 Å². The summed E-state index contributed by atoms with van der Waals surface area (Å²) in [5, 5.41) is 8.82. The van der Waals surface area contributed by atoms with E-state index in [1.54, 1.807) is 25.5 Å². The van der Waals surface area contributed by atoms with Crippen molar-refractivity contribution in [2.75, 3.05) is 7.11 Å². The summed E-state index contributed by atoms with van der Waals surface area (Å²) in [5.41, 5.74) is 2.52. The zero-order chi connectivity index (χ0) is 14.2. The lowest BCUT2D eigenvalue weighted by molar-refractivity contribution is 0.0397. The number of hydrogen-bond donors (Lipinski definition) is 1. The van der Waals surface area contributed by atoms with E-state index in [0.717, 1.165) is 16.8 Å². The van der Waals surface area contributed by atoms with Gasteiger partial charge in [0.15, 0.2) is 0 Å². The van der Waals surface area contributed by atoms with E-state index in [4.69, 9.17) is 9.84 Å². The first kappa shape index (κ1) is 16.6. The maximum atomic E-state index is 8.82. The average Bonchev–Trinajstić information content (AvgIpc) is 2.37. The van der Waals surface area contributed by atoms with E-state index < -0.39 is 0 Å². The Kier molecular flexibility index (Phi) is 7.17. The van der Waals surface area contributed by atoms with Crippen LogP contribution in [0.2, 0.25) is 0 Å². The minimum absolute atomic E-state index is 0.00522. The van der Waals surface area contributed by atoms with Gasteiger partial charge in [0, 0.05) is 13.3 Å². The van der Waals surface area contributed by atoms with Gasteiger partial charge in [-0.3, -0.25) is 4.98 Å². The third-order valence-corrected chi connectivity index (χ3v) is 2.21. The number of hydrogen-bond acceptors (Lipinski definition) is 3. The van der Waals surface area contributed by atoms with Crippen molar-refractivity contribution in [3.63, 3.8) is 0 Å². The van der Waals surface area contributed by atoms with Crippen LogP contribution in [0.15, 0.2) is 25.4 Å². The van der Waals surface area contributed by atoms with Crippen LogP contribution >= 0.6 is 0 Å². The normalized spacial score (nSPS) is 10.3. The van der Waals surface area contributed by atoms with E-state index >= 15 is 0 Å². The fourth-order valence-corrected chi connectivity index (χ4v) is 0.958. The molecule has 0 atom stereocenters. The fraction of sp³-hybridized carbons (Fsp3) is 0.400. The lowest BCUT2D eigenvalue weighted by atomic mass is 10.1. The van der Waals surface area contributed by atoms with Crippen LogP contribution in [-0.2, 0) is 11.3 Å². The van der Waals surface area contributed by atoms with Crippen LogP contribution in [0.5, 0.6) is 0 Å². The molecule has 0 bridgehead atoms. The Hall–Kier alpha value is -1.45. The molecule has 0 aliphatic carbocycles. The van der Waals surface area contributed by atoms with Crippen molar-refractivity contribution in [2.45, 2.75) is 33.0 Å². The van der Waals surface area contributed by atoms with Crippen molar-refractivity contribution in [1.82, 2.24) is 4.98 Å². The quantitative estimate of drug-likeness (QED) is 0.893. The summed E-state index contributed by atoms with van der Waals surface area (Å²) in [5.74, 6) is 0. The molecule has 0 aliphatic rings. The largest absolute Gasteiger partial charge is 0.392 e. The van der Waals surface area contributed by atoms with Crippen LogP contribution in [-0.4, -0.2) is 22.8 Å². The van der Waals surface area contributed by atoms with Gasteiger partial charge in [0.05, 0.1) is 17.9 Å². The Balaban J connectivity index is 0.000000411. The lowest BCUT2D eigenvalue weighted by Gasteiger charge is -2.14. The maximum Gasteiger partial charge on any atom is 0.0697 e. The molecule has 0 saturated carbocycles. The Morgan fingerprint density at radius 2 is 1.89 bits per heavy atom. The molecule has 3 nitrogen and oxygen atoms in total. The van der Waals surface area contributed by atoms with Crippen LogP contribution in [0, 0.1) is 0 Å². The Bertz CT molecular complexity index is 392. The van der Waals surface area contributed by atoms with Crippen LogP contribution in [0.1, 0.15) is 37.6 Å². The van der Waals surface area contributed by atoms with E-state index in [9.17, 15) is 0 Å². The summed E-state index contributed by atoms with van der Waals surface area (Å²) in [6.45, 7) is 13.3. The molecule has 1 aromatic heterocycles. The van der Waals surface area contributed by atoms with E-state index in [2.05, 4.69) is 18.1 Å². The SMILES string of the molecule is C=Cc1cc(CO)cnc1C=C.COC(C)(C)C. The minimum atomic E-state index is 0.00522. The van der Waals surface area contributed by atoms with E-state index in [-0.39, 0.29) is 12.2 Å². The standard InChI is InChI=1S/C10H11NO.C5H12O/c1-3-9-5-8(7-12)6-11-10(9)4-2;1-5(2,3)6-4/h3-6,12H,1-2,7H2;1-4H3. The maximum absolute atomic E-state index is 8.82. The van der Waals surface area contributed by atoms with Gasteiger partial charge in [0.2, 0.25) is 0 Å². The van der Waals surface area contributed by atoms with Crippen molar-refractivity contribution in [3.8, 4) is 0 Å². The molecule has 0 unspecified atom stereocenters. The third-order valence-electron chi connectivity index (χ3n) is 2.21. The van der Waals surface area contributed by atoms with Crippen molar-refractivity contribution in [3.05, 3.63) is 42.2 Å². The van der Waals surface area contributed by atoms with Crippen molar-refractivity contribution in [2.24, 2.45) is 0 Å². The molecule has 3 heteroatoms. The van der Waals surface area contributed by atoms with Gasteiger partial charge in [-0.1, -0.05) is 19.2 Å². The molecule has 1 rings (SSSR count). The predicted octanol–water partition coefficient (Wildman–Crippen LogP) is 3.29. The number of methoxy groups -OCH3 is 1. The molecule has 0 amide bonds. The highest BCUT2D eigenvalue weighted by atomic mass is 16.5. The molecule has 1 N–H and O–H groups in total. The first-order chi connectivity index (χ1) is 8.37. The molecule has 0 saturated heterocycles. The van der Waals surface area contributed by atoms with E-state index in [1.165, 1.54) is 0 Å². The van der Waals surface area contributed by atoms with Gasteiger partial charge in [-0.15, -0.1) is 0 Å². The molecule has 0 radical (unpaired) electrons. The van der Waals surface area contributed by atoms with Crippen LogP contribution in [0.4, 0.5) is 0 Å². The van der Waals surface area contributed by atoms with Gasteiger partial charge in [0.1, 0.15) is 0 Å². The minimum Gasteiger partial charge on any atom is -0.392 e. The topological polar surface area (TPSA) is 42.4 Å². The average molecular weight is 249 g/mol. The molecular weight excluding hydrogens is 226 g/mol. The van der Waals surface area contributed by atoms with E-state index in [0.29, 0.717) is 0 Å². The smallest absolute Gasteiger partial charge is 0.0697 e. The van der Waals surface area contributed by atoms with Gasteiger partial charge < -0.3 is 9.84 Å². The van der Waals surface area contributed by atoms with Gasteiger partial charge in [-0.2, -0.15) is 0 Å². The Morgan fingerprint density at radius 1 is 1.33 bits per heavy atom. The highest BCUT2D eigenvalue weighted by molar-refractivity contribution is 5.60. The second kappa shape index (κ2) is 7.80. The summed E-state index contributed by atoms with van der Waals surface area (Å²) >= 11 is 0.